The number of ether oxygens (including phenoxy) is 1. The Bertz CT molecular complexity index is 601. The zero-order valence-corrected chi connectivity index (χ0v) is 12.6. The summed E-state index contributed by atoms with van der Waals surface area (Å²) in [6, 6.07) is 9.33. The van der Waals surface area contributed by atoms with Crippen molar-refractivity contribution in [2.24, 2.45) is 5.73 Å². The molecule has 2 rings (SSSR count). The molecular weight excluding hydrogens is 326 g/mol. The van der Waals surface area contributed by atoms with E-state index in [2.05, 4.69) is 26.2 Å². The largest absolute Gasteiger partial charge is 0.481 e. The molecule has 3 N–H and O–H groups in total. The summed E-state index contributed by atoms with van der Waals surface area (Å²) in [5, 5.41) is 3.24. The summed E-state index contributed by atoms with van der Waals surface area (Å²) in [5.41, 5.74) is 8.18. The number of thiocarbonyl (C=S) groups is 1. The Balaban J connectivity index is 2.20. The standard InChI is InChI=1S/C13H12BrN3OS/c1-18-12-5-3-9(7-16-12)17-11-4-2-8(13(15)19)6-10(11)14/h2-7,17H,1H3,(H2,15,19). The summed E-state index contributed by atoms with van der Waals surface area (Å²) in [4.78, 5) is 4.50. The number of rotatable bonds is 4. The fraction of sp³-hybridized carbons (Fsp3) is 0.0769. The highest BCUT2D eigenvalue weighted by molar-refractivity contribution is 9.10. The van der Waals surface area contributed by atoms with Gasteiger partial charge < -0.3 is 15.8 Å². The molecule has 0 spiro atoms. The number of nitrogens with two attached hydrogens (primary N) is 1. The summed E-state index contributed by atoms with van der Waals surface area (Å²) in [6.07, 6.45) is 1.70. The molecule has 1 aromatic heterocycles. The maximum Gasteiger partial charge on any atom is 0.213 e. The highest BCUT2D eigenvalue weighted by atomic mass is 79.9. The van der Waals surface area contributed by atoms with Gasteiger partial charge in [-0.25, -0.2) is 4.98 Å². The first-order valence-electron chi connectivity index (χ1n) is 5.46. The summed E-state index contributed by atoms with van der Waals surface area (Å²) >= 11 is 8.41. The van der Waals surface area contributed by atoms with Gasteiger partial charge in [-0.05, 0) is 40.2 Å². The van der Waals surface area contributed by atoms with Crippen LogP contribution in [0.5, 0.6) is 5.88 Å². The van der Waals surface area contributed by atoms with E-state index in [0.717, 1.165) is 21.4 Å². The maximum atomic E-state index is 5.58. The average Bonchev–Trinajstić information content (AvgIpc) is 2.41. The Hall–Kier alpha value is -1.66. The van der Waals surface area contributed by atoms with Gasteiger partial charge in [0.15, 0.2) is 0 Å². The topological polar surface area (TPSA) is 60.2 Å². The number of hydrogen-bond donors (Lipinski definition) is 2. The molecule has 0 radical (unpaired) electrons. The van der Waals surface area contributed by atoms with E-state index >= 15 is 0 Å². The number of nitrogens with one attached hydrogen (secondary N) is 1. The quantitative estimate of drug-likeness (QED) is 0.838. The fourth-order valence-electron chi connectivity index (χ4n) is 1.50. The van der Waals surface area contributed by atoms with Gasteiger partial charge in [0.2, 0.25) is 5.88 Å². The number of methoxy groups -OCH3 is 1. The molecule has 0 aliphatic rings. The molecule has 0 aliphatic heterocycles. The molecule has 4 nitrogen and oxygen atoms in total. The molecule has 2 aromatic rings. The molecule has 19 heavy (non-hydrogen) atoms. The lowest BCUT2D eigenvalue weighted by Gasteiger charge is -2.10. The molecule has 0 saturated heterocycles. The summed E-state index contributed by atoms with van der Waals surface area (Å²) in [6.45, 7) is 0. The van der Waals surface area contributed by atoms with Crippen LogP contribution < -0.4 is 15.8 Å². The maximum absolute atomic E-state index is 5.58. The van der Waals surface area contributed by atoms with Crippen molar-refractivity contribution in [3.05, 3.63) is 46.6 Å². The van der Waals surface area contributed by atoms with Crippen molar-refractivity contribution in [3.63, 3.8) is 0 Å². The predicted octanol–water partition coefficient (Wildman–Crippen LogP) is 3.23. The van der Waals surface area contributed by atoms with Crippen molar-refractivity contribution in [2.75, 3.05) is 12.4 Å². The second-order valence-corrected chi connectivity index (χ2v) is 5.07. The van der Waals surface area contributed by atoms with E-state index in [1.807, 2.05) is 24.3 Å². The van der Waals surface area contributed by atoms with Crippen LogP contribution >= 0.6 is 28.1 Å². The molecule has 0 unspecified atom stereocenters. The minimum atomic E-state index is 0.373. The summed E-state index contributed by atoms with van der Waals surface area (Å²) < 4.78 is 5.89. The Morgan fingerprint density at radius 2 is 2.16 bits per heavy atom. The first-order valence-corrected chi connectivity index (χ1v) is 6.66. The SMILES string of the molecule is COc1ccc(Nc2ccc(C(N)=S)cc2Br)cn1. The van der Waals surface area contributed by atoms with Crippen LogP contribution in [0, 0.1) is 0 Å². The van der Waals surface area contributed by atoms with Gasteiger partial charge in [0.05, 0.1) is 24.7 Å². The molecular formula is C13H12BrN3OS. The van der Waals surface area contributed by atoms with Crippen LogP contribution in [0.4, 0.5) is 11.4 Å². The van der Waals surface area contributed by atoms with Gasteiger partial charge in [0.25, 0.3) is 0 Å². The molecule has 98 valence electrons. The lowest BCUT2D eigenvalue weighted by Crippen LogP contribution is -2.09. The second kappa shape index (κ2) is 5.99. The van der Waals surface area contributed by atoms with Crippen molar-refractivity contribution in [2.45, 2.75) is 0 Å². The first kappa shape index (κ1) is 13.8. The highest BCUT2D eigenvalue weighted by Gasteiger charge is 2.04. The minimum absolute atomic E-state index is 0.373. The molecule has 0 saturated carbocycles. The Morgan fingerprint density at radius 1 is 1.37 bits per heavy atom. The third-order valence-corrected chi connectivity index (χ3v) is 3.37. The van der Waals surface area contributed by atoms with Gasteiger partial charge in [-0.3, -0.25) is 0 Å². The van der Waals surface area contributed by atoms with E-state index in [4.69, 9.17) is 22.7 Å². The van der Waals surface area contributed by atoms with Crippen LogP contribution in [-0.2, 0) is 0 Å². The molecule has 1 heterocycles. The van der Waals surface area contributed by atoms with Crippen molar-refractivity contribution < 1.29 is 4.74 Å². The number of anilines is 2. The zero-order chi connectivity index (χ0) is 13.8. The predicted molar refractivity (Wildman–Crippen MR) is 84.1 cm³/mol. The lowest BCUT2D eigenvalue weighted by atomic mass is 10.2. The smallest absolute Gasteiger partial charge is 0.213 e. The molecule has 1 aromatic carbocycles. The van der Waals surface area contributed by atoms with Gasteiger partial charge in [-0.15, -0.1) is 0 Å². The number of pyridine rings is 1. The van der Waals surface area contributed by atoms with E-state index in [-0.39, 0.29) is 0 Å². The van der Waals surface area contributed by atoms with Crippen molar-refractivity contribution in [1.82, 2.24) is 4.98 Å². The van der Waals surface area contributed by atoms with Gasteiger partial charge in [0.1, 0.15) is 4.99 Å². The summed E-state index contributed by atoms with van der Waals surface area (Å²) in [5.74, 6) is 0.577. The van der Waals surface area contributed by atoms with Crippen molar-refractivity contribution in [1.29, 1.82) is 0 Å². The molecule has 0 atom stereocenters. The third-order valence-electron chi connectivity index (χ3n) is 2.48. The van der Waals surface area contributed by atoms with Gasteiger partial charge in [-0.1, -0.05) is 12.2 Å². The third kappa shape index (κ3) is 3.42. The first-order chi connectivity index (χ1) is 9.10. The Labute approximate surface area is 125 Å². The van der Waals surface area contributed by atoms with Crippen LogP contribution in [0.2, 0.25) is 0 Å². The Kier molecular flexibility index (Phi) is 4.34. The number of benzene rings is 1. The van der Waals surface area contributed by atoms with Crippen LogP contribution in [0.1, 0.15) is 5.56 Å². The Morgan fingerprint density at radius 3 is 2.68 bits per heavy atom. The van der Waals surface area contributed by atoms with E-state index in [1.165, 1.54) is 0 Å². The number of aromatic nitrogens is 1. The molecule has 0 amide bonds. The number of hydrogen-bond acceptors (Lipinski definition) is 4. The second-order valence-electron chi connectivity index (χ2n) is 3.77. The van der Waals surface area contributed by atoms with Crippen LogP contribution in [-0.4, -0.2) is 17.1 Å². The summed E-state index contributed by atoms with van der Waals surface area (Å²) in [7, 11) is 1.58. The lowest BCUT2D eigenvalue weighted by molar-refractivity contribution is 0.398. The van der Waals surface area contributed by atoms with Gasteiger partial charge in [-0.2, -0.15) is 0 Å². The normalized spacial score (nSPS) is 10.0. The van der Waals surface area contributed by atoms with Gasteiger partial charge in [0, 0.05) is 16.1 Å². The highest BCUT2D eigenvalue weighted by Crippen LogP contribution is 2.27. The van der Waals surface area contributed by atoms with E-state index in [9.17, 15) is 0 Å². The molecule has 6 heteroatoms. The van der Waals surface area contributed by atoms with Gasteiger partial charge >= 0.3 is 0 Å². The minimum Gasteiger partial charge on any atom is -0.481 e. The molecule has 0 fully saturated rings. The monoisotopic (exact) mass is 337 g/mol. The molecule has 0 bridgehead atoms. The van der Waals surface area contributed by atoms with E-state index in [0.29, 0.717) is 10.9 Å². The van der Waals surface area contributed by atoms with Crippen LogP contribution in [0.25, 0.3) is 0 Å². The van der Waals surface area contributed by atoms with E-state index in [1.54, 1.807) is 19.4 Å². The number of nitrogens with zero attached hydrogens (tertiary/aromatic N) is 1. The van der Waals surface area contributed by atoms with Crippen molar-refractivity contribution in [3.8, 4) is 5.88 Å². The van der Waals surface area contributed by atoms with Crippen LogP contribution in [0.15, 0.2) is 41.0 Å². The number of halogens is 1. The van der Waals surface area contributed by atoms with E-state index < -0.39 is 0 Å². The fourth-order valence-corrected chi connectivity index (χ4v) is 2.11. The average molecular weight is 338 g/mol. The molecule has 0 aliphatic carbocycles. The van der Waals surface area contributed by atoms with Crippen molar-refractivity contribution >= 4 is 44.5 Å². The zero-order valence-electron chi connectivity index (χ0n) is 10.2. The van der Waals surface area contributed by atoms with Crippen LogP contribution in [0.3, 0.4) is 0 Å².